The average Bonchev–Trinajstić information content (AvgIpc) is 2.76. The zero-order valence-electron chi connectivity index (χ0n) is 11.6. The fourth-order valence-electron chi connectivity index (χ4n) is 2.71. The first-order chi connectivity index (χ1) is 9.14. The number of ether oxygens (including phenoxy) is 2. The van der Waals surface area contributed by atoms with Gasteiger partial charge in [0.25, 0.3) is 0 Å². The van der Waals surface area contributed by atoms with E-state index in [1.165, 1.54) is 0 Å². The first-order valence-corrected chi connectivity index (χ1v) is 7.35. The van der Waals surface area contributed by atoms with Crippen molar-refractivity contribution >= 4 is 15.9 Å². The zero-order chi connectivity index (χ0) is 13.9. The molecule has 1 aromatic rings. The van der Waals surface area contributed by atoms with Crippen LogP contribution in [0.5, 0.6) is 0 Å². The number of nitrogens with one attached hydrogen (secondary N) is 1. The molecular weight excluding hydrogens is 312 g/mol. The van der Waals surface area contributed by atoms with Crippen molar-refractivity contribution in [2.24, 2.45) is 7.05 Å². The van der Waals surface area contributed by atoms with E-state index in [4.69, 9.17) is 9.47 Å². The number of nitrogens with zero attached hydrogens (tertiary/aromatic N) is 3. The number of aryl methyl sites for hydroxylation is 1. The molecule has 0 spiro atoms. The molecule has 0 aromatic carbocycles. The molecule has 19 heavy (non-hydrogen) atoms. The van der Waals surface area contributed by atoms with E-state index in [1.807, 2.05) is 7.05 Å². The smallest absolute Gasteiger partial charge is 0.153 e. The van der Waals surface area contributed by atoms with Crippen molar-refractivity contribution in [2.75, 3.05) is 26.9 Å². The summed E-state index contributed by atoms with van der Waals surface area (Å²) in [5.74, 6) is 0. The quantitative estimate of drug-likeness (QED) is 0.883. The van der Waals surface area contributed by atoms with Crippen LogP contribution in [0.25, 0.3) is 0 Å². The molecule has 0 bridgehead atoms. The highest BCUT2D eigenvalue weighted by Crippen LogP contribution is 2.39. The summed E-state index contributed by atoms with van der Waals surface area (Å²) in [6, 6.07) is 0.0424. The van der Waals surface area contributed by atoms with Gasteiger partial charge in [-0.05, 0) is 22.5 Å². The third-order valence-corrected chi connectivity index (χ3v) is 4.34. The van der Waals surface area contributed by atoms with Crippen molar-refractivity contribution in [2.45, 2.75) is 31.4 Å². The maximum Gasteiger partial charge on any atom is 0.153 e. The van der Waals surface area contributed by atoms with Gasteiger partial charge in [0.1, 0.15) is 0 Å². The first kappa shape index (κ1) is 14.9. The Morgan fingerprint density at radius 2 is 2.21 bits per heavy atom. The Balaban J connectivity index is 2.38. The summed E-state index contributed by atoms with van der Waals surface area (Å²) in [4.78, 5) is 0. The van der Waals surface area contributed by atoms with Crippen LogP contribution < -0.4 is 5.32 Å². The van der Waals surface area contributed by atoms with Gasteiger partial charge in [0.2, 0.25) is 0 Å². The summed E-state index contributed by atoms with van der Waals surface area (Å²) >= 11 is 3.49. The van der Waals surface area contributed by atoms with Crippen molar-refractivity contribution in [1.82, 2.24) is 20.3 Å². The largest absolute Gasteiger partial charge is 0.381 e. The van der Waals surface area contributed by atoms with Gasteiger partial charge in [-0.1, -0.05) is 12.1 Å². The van der Waals surface area contributed by atoms with Crippen LogP contribution in [0.4, 0.5) is 0 Å². The Hall–Kier alpha value is -0.500. The highest BCUT2D eigenvalue weighted by atomic mass is 79.9. The fourth-order valence-corrected chi connectivity index (χ4v) is 3.27. The fraction of sp³-hybridized carbons (Fsp3) is 0.833. The van der Waals surface area contributed by atoms with Gasteiger partial charge in [-0.3, -0.25) is 0 Å². The van der Waals surface area contributed by atoms with Crippen molar-refractivity contribution in [1.29, 1.82) is 0 Å². The lowest BCUT2D eigenvalue weighted by atomic mass is 9.84. The lowest BCUT2D eigenvalue weighted by Gasteiger charge is -2.42. The molecule has 0 saturated carbocycles. The number of aromatic nitrogens is 3. The van der Waals surface area contributed by atoms with Gasteiger partial charge in [-0.15, -0.1) is 5.10 Å². The molecule has 2 rings (SSSR count). The van der Waals surface area contributed by atoms with Gasteiger partial charge in [0.05, 0.1) is 17.3 Å². The standard InChI is InChI=1S/C12H21BrN4O2/c1-4-14-10(9-11(13)15-16-17(9)2)12(18-3)5-7-19-8-6-12/h10,14H,4-8H2,1-3H3. The third-order valence-electron chi connectivity index (χ3n) is 3.78. The Bertz CT molecular complexity index is 398. The van der Waals surface area contributed by atoms with Crippen molar-refractivity contribution < 1.29 is 9.47 Å². The predicted molar refractivity (Wildman–Crippen MR) is 74.9 cm³/mol. The Kier molecular flexibility index (Phi) is 4.94. The van der Waals surface area contributed by atoms with Gasteiger partial charge in [0.15, 0.2) is 4.60 Å². The van der Waals surface area contributed by atoms with E-state index in [1.54, 1.807) is 11.8 Å². The molecule has 1 unspecified atom stereocenters. The lowest BCUT2D eigenvalue weighted by molar-refractivity contribution is -0.112. The summed E-state index contributed by atoms with van der Waals surface area (Å²) in [6.07, 6.45) is 1.72. The van der Waals surface area contributed by atoms with Crippen molar-refractivity contribution in [3.05, 3.63) is 10.3 Å². The maximum atomic E-state index is 5.90. The molecule has 1 fully saturated rings. The predicted octanol–water partition coefficient (Wildman–Crippen LogP) is 1.42. The lowest BCUT2D eigenvalue weighted by Crippen LogP contribution is -2.50. The summed E-state index contributed by atoms with van der Waals surface area (Å²) in [5.41, 5.74) is 0.748. The zero-order valence-corrected chi connectivity index (χ0v) is 13.2. The molecule has 0 aliphatic carbocycles. The SMILES string of the molecule is CCNC(c1c(Br)nnn1C)C1(OC)CCOCC1. The molecule has 0 amide bonds. The molecule has 0 radical (unpaired) electrons. The molecule has 7 heteroatoms. The second-order valence-electron chi connectivity index (χ2n) is 4.76. The molecule has 1 aliphatic rings. The molecule has 1 atom stereocenters. The Morgan fingerprint density at radius 1 is 1.53 bits per heavy atom. The molecular formula is C12H21BrN4O2. The van der Waals surface area contributed by atoms with Gasteiger partial charge < -0.3 is 14.8 Å². The summed E-state index contributed by atoms with van der Waals surface area (Å²) in [5, 5.41) is 11.7. The van der Waals surface area contributed by atoms with Crippen LogP contribution in [0.1, 0.15) is 31.5 Å². The molecule has 2 heterocycles. The highest BCUT2D eigenvalue weighted by molar-refractivity contribution is 9.10. The van der Waals surface area contributed by atoms with E-state index < -0.39 is 0 Å². The number of hydrogen-bond acceptors (Lipinski definition) is 5. The minimum atomic E-state index is -0.272. The van der Waals surface area contributed by atoms with E-state index >= 15 is 0 Å². The summed E-state index contributed by atoms with van der Waals surface area (Å²) in [7, 11) is 3.67. The van der Waals surface area contributed by atoms with Gasteiger partial charge in [-0.2, -0.15) is 0 Å². The number of rotatable bonds is 5. The number of halogens is 1. The van der Waals surface area contributed by atoms with Crippen LogP contribution in [0.3, 0.4) is 0 Å². The second kappa shape index (κ2) is 6.30. The molecule has 1 saturated heterocycles. The molecule has 1 N–H and O–H groups in total. The van der Waals surface area contributed by atoms with Crippen LogP contribution in [0.2, 0.25) is 0 Å². The van der Waals surface area contributed by atoms with E-state index in [2.05, 4.69) is 38.5 Å². The van der Waals surface area contributed by atoms with Gasteiger partial charge in [0, 0.05) is 40.2 Å². The van der Waals surface area contributed by atoms with Crippen LogP contribution in [-0.2, 0) is 16.5 Å². The Labute approximate surface area is 122 Å². The van der Waals surface area contributed by atoms with Crippen LogP contribution in [-0.4, -0.2) is 47.5 Å². The van der Waals surface area contributed by atoms with E-state index in [0.29, 0.717) is 0 Å². The Morgan fingerprint density at radius 3 is 2.68 bits per heavy atom. The van der Waals surface area contributed by atoms with Gasteiger partial charge >= 0.3 is 0 Å². The minimum absolute atomic E-state index is 0.0424. The molecule has 6 nitrogen and oxygen atoms in total. The number of likely N-dealkylation sites (N-methyl/N-ethyl adjacent to an activating group) is 1. The maximum absolute atomic E-state index is 5.90. The topological polar surface area (TPSA) is 61.2 Å². The highest BCUT2D eigenvalue weighted by Gasteiger charge is 2.43. The second-order valence-corrected chi connectivity index (χ2v) is 5.51. The van der Waals surface area contributed by atoms with E-state index in [9.17, 15) is 0 Å². The van der Waals surface area contributed by atoms with Gasteiger partial charge in [-0.25, -0.2) is 4.68 Å². The third kappa shape index (κ3) is 2.84. The van der Waals surface area contributed by atoms with E-state index in [0.717, 1.165) is 42.9 Å². The molecule has 1 aromatic heterocycles. The summed E-state index contributed by atoms with van der Waals surface area (Å²) in [6.45, 7) is 4.39. The normalized spacial score (nSPS) is 20.4. The first-order valence-electron chi connectivity index (χ1n) is 6.56. The minimum Gasteiger partial charge on any atom is -0.381 e. The van der Waals surface area contributed by atoms with E-state index in [-0.39, 0.29) is 11.6 Å². The number of hydrogen-bond donors (Lipinski definition) is 1. The van der Waals surface area contributed by atoms with Crippen molar-refractivity contribution in [3.63, 3.8) is 0 Å². The summed E-state index contributed by atoms with van der Waals surface area (Å²) < 4.78 is 13.9. The monoisotopic (exact) mass is 332 g/mol. The molecule has 1 aliphatic heterocycles. The number of methoxy groups -OCH3 is 1. The van der Waals surface area contributed by atoms with Crippen LogP contribution in [0, 0.1) is 0 Å². The molecule has 108 valence electrons. The van der Waals surface area contributed by atoms with Crippen LogP contribution >= 0.6 is 15.9 Å². The average molecular weight is 333 g/mol. The van der Waals surface area contributed by atoms with Crippen LogP contribution in [0.15, 0.2) is 4.60 Å². The van der Waals surface area contributed by atoms with Crippen molar-refractivity contribution in [3.8, 4) is 0 Å².